The normalized spacial score (nSPS) is 26.3. The number of hydrogen-bond donors (Lipinski definition) is 1. The van der Waals surface area contributed by atoms with Crippen molar-refractivity contribution in [3.63, 3.8) is 0 Å². The summed E-state index contributed by atoms with van der Waals surface area (Å²) in [6, 6.07) is 0. The number of hydrogen-bond acceptors (Lipinski definition) is 4. The smallest absolute Gasteiger partial charge is 0.227 e. The summed E-state index contributed by atoms with van der Waals surface area (Å²) in [5.41, 5.74) is 0. The summed E-state index contributed by atoms with van der Waals surface area (Å²) in [6.45, 7) is 4.01. The molecule has 5 heteroatoms. The highest BCUT2D eigenvalue weighted by molar-refractivity contribution is 5.78. The molecule has 1 rings (SSSR count). The monoisotopic (exact) mass is 217 g/mol. The summed E-state index contributed by atoms with van der Waals surface area (Å²) >= 11 is 0. The van der Waals surface area contributed by atoms with Gasteiger partial charge in [-0.25, -0.2) is 0 Å². The lowest BCUT2D eigenvalue weighted by atomic mass is 10.1. The first kappa shape index (κ1) is 12.4. The van der Waals surface area contributed by atoms with E-state index in [1.54, 1.807) is 7.11 Å². The second-order valence-corrected chi connectivity index (χ2v) is 3.57. The molecule has 1 saturated heterocycles. The summed E-state index contributed by atoms with van der Waals surface area (Å²) in [5, 5.41) is 2.82. The number of methoxy groups -OCH3 is 1. The first-order valence-corrected chi connectivity index (χ1v) is 5.24. The lowest BCUT2D eigenvalue weighted by Gasteiger charge is -2.26. The SMILES string of the molecule is COCCCNC(=O)C1COC(C)OC1. The first-order chi connectivity index (χ1) is 7.24. The number of nitrogens with one attached hydrogen (secondary N) is 1. The number of carbonyl (C=O) groups excluding carboxylic acids is 1. The minimum absolute atomic E-state index is 0.00185. The molecule has 1 aliphatic rings. The molecule has 0 aliphatic carbocycles. The Morgan fingerprint density at radius 1 is 1.47 bits per heavy atom. The van der Waals surface area contributed by atoms with Gasteiger partial charge in [0.05, 0.1) is 19.1 Å². The summed E-state index contributed by atoms with van der Waals surface area (Å²) in [7, 11) is 1.64. The Morgan fingerprint density at radius 3 is 2.73 bits per heavy atom. The van der Waals surface area contributed by atoms with Crippen LogP contribution in [0.25, 0.3) is 0 Å². The van der Waals surface area contributed by atoms with Crippen LogP contribution in [0.2, 0.25) is 0 Å². The maximum atomic E-state index is 11.6. The van der Waals surface area contributed by atoms with E-state index < -0.39 is 0 Å². The topological polar surface area (TPSA) is 56.8 Å². The fourth-order valence-corrected chi connectivity index (χ4v) is 1.32. The Morgan fingerprint density at radius 2 is 2.13 bits per heavy atom. The van der Waals surface area contributed by atoms with Gasteiger partial charge < -0.3 is 19.5 Å². The van der Waals surface area contributed by atoms with Crippen LogP contribution in [0.5, 0.6) is 0 Å². The van der Waals surface area contributed by atoms with Gasteiger partial charge in [0.2, 0.25) is 5.91 Å². The van der Waals surface area contributed by atoms with E-state index in [0.717, 1.165) is 6.42 Å². The predicted molar refractivity (Wildman–Crippen MR) is 54.4 cm³/mol. The van der Waals surface area contributed by atoms with Crippen LogP contribution in [0.1, 0.15) is 13.3 Å². The van der Waals surface area contributed by atoms with E-state index in [9.17, 15) is 4.79 Å². The largest absolute Gasteiger partial charge is 0.385 e. The van der Waals surface area contributed by atoms with Crippen molar-refractivity contribution in [3.05, 3.63) is 0 Å². The van der Waals surface area contributed by atoms with Crippen LogP contribution < -0.4 is 5.32 Å². The van der Waals surface area contributed by atoms with Gasteiger partial charge in [-0.05, 0) is 13.3 Å². The molecule has 88 valence electrons. The molecule has 0 bridgehead atoms. The van der Waals surface area contributed by atoms with Crippen LogP contribution >= 0.6 is 0 Å². The molecule has 1 aliphatic heterocycles. The molecule has 0 atom stereocenters. The third-order valence-electron chi connectivity index (χ3n) is 2.26. The molecule has 1 amide bonds. The quantitative estimate of drug-likeness (QED) is 0.666. The highest BCUT2D eigenvalue weighted by Gasteiger charge is 2.24. The van der Waals surface area contributed by atoms with Gasteiger partial charge in [-0.1, -0.05) is 0 Å². The molecular formula is C10H19NO4. The highest BCUT2D eigenvalue weighted by atomic mass is 16.7. The van der Waals surface area contributed by atoms with E-state index >= 15 is 0 Å². The summed E-state index contributed by atoms with van der Waals surface area (Å²) in [4.78, 5) is 11.6. The zero-order valence-electron chi connectivity index (χ0n) is 9.32. The van der Waals surface area contributed by atoms with Crippen LogP contribution in [-0.2, 0) is 19.0 Å². The number of carbonyl (C=O) groups is 1. The number of amides is 1. The van der Waals surface area contributed by atoms with E-state index in [1.807, 2.05) is 6.92 Å². The third kappa shape index (κ3) is 4.59. The van der Waals surface area contributed by atoms with Gasteiger partial charge in [0, 0.05) is 20.3 Å². The Hall–Kier alpha value is -0.650. The van der Waals surface area contributed by atoms with Gasteiger partial charge in [0.15, 0.2) is 6.29 Å². The Bertz CT molecular complexity index is 190. The van der Waals surface area contributed by atoms with Gasteiger partial charge in [-0.2, -0.15) is 0 Å². The molecule has 15 heavy (non-hydrogen) atoms. The molecule has 0 spiro atoms. The number of rotatable bonds is 5. The van der Waals surface area contributed by atoms with Crippen molar-refractivity contribution >= 4 is 5.91 Å². The van der Waals surface area contributed by atoms with Crippen molar-refractivity contribution in [2.24, 2.45) is 5.92 Å². The maximum Gasteiger partial charge on any atom is 0.227 e. The van der Waals surface area contributed by atoms with Crippen molar-refractivity contribution in [2.45, 2.75) is 19.6 Å². The van der Waals surface area contributed by atoms with Crippen LogP contribution in [0.4, 0.5) is 0 Å². The first-order valence-electron chi connectivity index (χ1n) is 5.24. The van der Waals surface area contributed by atoms with Gasteiger partial charge in [-0.3, -0.25) is 4.79 Å². The summed E-state index contributed by atoms with van der Waals surface area (Å²) < 4.78 is 15.3. The molecule has 1 fully saturated rings. The number of ether oxygens (including phenoxy) is 3. The zero-order valence-corrected chi connectivity index (χ0v) is 9.32. The summed E-state index contributed by atoms with van der Waals surface area (Å²) in [6.07, 6.45) is 0.634. The minimum Gasteiger partial charge on any atom is -0.385 e. The van der Waals surface area contributed by atoms with Crippen LogP contribution in [0, 0.1) is 5.92 Å². The Kier molecular flexibility index (Phi) is 5.60. The highest BCUT2D eigenvalue weighted by Crippen LogP contribution is 2.10. The van der Waals surface area contributed by atoms with Crippen molar-refractivity contribution in [3.8, 4) is 0 Å². The fourth-order valence-electron chi connectivity index (χ4n) is 1.32. The lowest BCUT2D eigenvalue weighted by molar-refractivity contribution is -0.192. The molecule has 1 N–H and O–H groups in total. The van der Waals surface area contributed by atoms with Gasteiger partial charge in [0.25, 0.3) is 0 Å². The average Bonchev–Trinajstić information content (AvgIpc) is 2.25. The van der Waals surface area contributed by atoms with Gasteiger partial charge in [0.1, 0.15) is 0 Å². The maximum absolute atomic E-state index is 11.6. The second kappa shape index (κ2) is 6.76. The van der Waals surface area contributed by atoms with E-state index in [1.165, 1.54) is 0 Å². The molecule has 0 radical (unpaired) electrons. The van der Waals surface area contributed by atoms with Crippen molar-refractivity contribution in [1.29, 1.82) is 0 Å². The van der Waals surface area contributed by atoms with Crippen molar-refractivity contribution < 1.29 is 19.0 Å². The average molecular weight is 217 g/mol. The lowest BCUT2D eigenvalue weighted by Crippen LogP contribution is -2.41. The molecule has 0 aromatic heterocycles. The van der Waals surface area contributed by atoms with Crippen molar-refractivity contribution in [1.82, 2.24) is 5.32 Å². The summed E-state index contributed by atoms with van der Waals surface area (Å²) in [5.74, 6) is -0.179. The minimum atomic E-state index is -0.192. The van der Waals surface area contributed by atoms with E-state index in [4.69, 9.17) is 14.2 Å². The Balaban J connectivity index is 2.11. The molecule has 5 nitrogen and oxygen atoms in total. The van der Waals surface area contributed by atoms with Gasteiger partial charge in [-0.15, -0.1) is 0 Å². The molecule has 0 aromatic rings. The van der Waals surface area contributed by atoms with Gasteiger partial charge >= 0.3 is 0 Å². The van der Waals surface area contributed by atoms with Crippen molar-refractivity contribution in [2.75, 3.05) is 33.5 Å². The standard InChI is InChI=1S/C10H19NO4/c1-8-14-6-9(7-15-8)10(12)11-4-3-5-13-2/h8-9H,3-7H2,1-2H3,(H,11,12). The molecule has 1 heterocycles. The third-order valence-corrected chi connectivity index (χ3v) is 2.26. The molecular weight excluding hydrogens is 198 g/mol. The fraction of sp³-hybridized carbons (Fsp3) is 0.900. The predicted octanol–water partition coefficient (Wildman–Crippen LogP) is 0.148. The molecule has 0 saturated carbocycles. The van der Waals surface area contributed by atoms with E-state index in [0.29, 0.717) is 26.4 Å². The van der Waals surface area contributed by atoms with Crippen LogP contribution in [0.15, 0.2) is 0 Å². The Labute approximate surface area is 90.1 Å². The second-order valence-electron chi connectivity index (χ2n) is 3.57. The van der Waals surface area contributed by atoms with Crippen LogP contribution in [0.3, 0.4) is 0 Å². The van der Waals surface area contributed by atoms with Crippen LogP contribution in [-0.4, -0.2) is 45.7 Å². The van der Waals surface area contributed by atoms with E-state index in [-0.39, 0.29) is 18.1 Å². The van der Waals surface area contributed by atoms with E-state index in [2.05, 4.69) is 5.32 Å². The molecule has 0 unspecified atom stereocenters. The zero-order chi connectivity index (χ0) is 11.1. The molecule has 0 aromatic carbocycles.